The van der Waals surface area contributed by atoms with Crippen molar-refractivity contribution in [1.82, 2.24) is 5.16 Å². The number of rotatable bonds is 5. The van der Waals surface area contributed by atoms with Gasteiger partial charge in [-0.2, -0.15) is 0 Å². The monoisotopic (exact) mass is 398 g/mol. The van der Waals surface area contributed by atoms with Crippen molar-refractivity contribution in [1.29, 1.82) is 0 Å². The van der Waals surface area contributed by atoms with E-state index < -0.39 is 18.0 Å². The van der Waals surface area contributed by atoms with Crippen LogP contribution in [-0.2, 0) is 9.53 Å². The van der Waals surface area contributed by atoms with Gasteiger partial charge in [0.05, 0.1) is 5.69 Å². The van der Waals surface area contributed by atoms with E-state index in [0.717, 1.165) is 5.56 Å². The molecule has 0 bridgehead atoms. The van der Waals surface area contributed by atoms with Gasteiger partial charge in [0.15, 0.2) is 0 Å². The van der Waals surface area contributed by atoms with Crippen LogP contribution in [0.25, 0.3) is 0 Å². The summed E-state index contributed by atoms with van der Waals surface area (Å²) in [7, 11) is 0. The molecular weight excluding hydrogens is 380 g/mol. The van der Waals surface area contributed by atoms with Crippen LogP contribution < -0.4 is 5.32 Å². The van der Waals surface area contributed by atoms with Gasteiger partial charge in [0, 0.05) is 16.3 Å². The molecule has 3 rings (SSSR count). The second kappa shape index (κ2) is 8.27. The number of nitrogens with zero attached hydrogens (tertiary/aromatic N) is 1. The van der Waals surface area contributed by atoms with E-state index in [1.165, 1.54) is 0 Å². The van der Waals surface area contributed by atoms with Gasteiger partial charge in [0.2, 0.25) is 6.10 Å². The minimum Gasteiger partial charge on any atom is -0.444 e. The predicted molar refractivity (Wildman–Crippen MR) is 105 cm³/mol. The standard InChI is InChI=1S/C21H19ClN2O4/c1-12-9-10-16(11-17(12)22)23-20(25)19(15-7-5-4-6-8-15)27-21(26)18-13(2)24-28-14(18)3/h4-11,19H,1-3H3,(H,23,25)/t19-/m0/s1. The van der Waals surface area contributed by atoms with E-state index in [4.69, 9.17) is 20.9 Å². The molecule has 0 saturated heterocycles. The van der Waals surface area contributed by atoms with Crippen LogP contribution in [0.15, 0.2) is 53.1 Å². The molecule has 0 saturated carbocycles. The highest BCUT2D eigenvalue weighted by Gasteiger charge is 2.28. The third-order valence-electron chi connectivity index (χ3n) is 4.24. The molecule has 1 amide bonds. The highest BCUT2D eigenvalue weighted by molar-refractivity contribution is 6.31. The van der Waals surface area contributed by atoms with Crippen LogP contribution in [0.4, 0.5) is 5.69 Å². The number of carbonyl (C=O) groups is 2. The normalized spacial score (nSPS) is 11.7. The zero-order valence-corrected chi connectivity index (χ0v) is 16.4. The molecule has 3 aromatic rings. The average Bonchev–Trinajstić information content (AvgIpc) is 3.01. The summed E-state index contributed by atoms with van der Waals surface area (Å²) in [5.41, 5.74) is 2.56. The smallest absolute Gasteiger partial charge is 0.344 e. The van der Waals surface area contributed by atoms with Crippen LogP contribution in [0.3, 0.4) is 0 Å². The molecule has 1 N–H and O–H groups in total. The first-order valence-corrected chi connectivity index (χ1v) is 9.00. The van der Waals surface area contributed by atoms with Crippen LogP contribution in [0.1, 0.15) is 39.0 Å². The second-order valence-corrected chi connectivity index (χ2v) is 6.76. The van der Waals surface area contributed by atoms with Gasteiger partial charge in [0.25, 0.3) is 5.91 Å². The van der Waals surface area contributed by atoms with Crippen molar-refractivity contribution in [3.63, 3.8) is 0 Å². The molecule has 1 aromatic heterocycles. The molecule has 144 valence electrons. The van der Waals surface area contributed by atoms with Crippen LogP contribution in [0, 0.1) is 20.8 Å². The Labute approximate surface area is 167 Å². The first kappa shape index (κ1) is 19.6. The van der Waals surface area contributed by atoms with Gasteiger partial charge in [-0.1, -0.05) is 53.2 Å². The van der Waals surface area contributed by atoms with Gasteiger partial charge >= 0.3 is 5.97 Å². The average molecular weight is 399 g/mol. The van der Waals surface area contributed by atoms with Crippen molar-refractivity contribution in [3.8, 4) is 0 Å². The van der Waals surface area contributed by atoms with E-state index in [9.17, 15) is 9.59 Å². The Morgan fingerprint density at radius 2 is 1.82 bits per heavy atom. The number of aromatic nitrogens is 1. The van der Waals surface area contributed by atoms with Crippen molar-refractivity contribution >= 4 is 29.2 Å². The highest BCUT2D eigenvalue weighted by Crippen LogP contribution is 2.25. The summed E-state index contributed by atoms with van der Waals surface area (Å²) in [6.07, 6.45) is -1.15. The maximum Gasteiger partial charge on any atom is 0.344 e. The van der Waals surface area contributed by atoms with E-state index in [-0.39, 0.29) is 5.56 Å². The number of halogens is 1. The van der Waals surface area contributed by atoms with Gasteiger partial charge in [-0.25, -0.2) is 4.79 Å². The molecule has 0 aliphatic carbocycles. The number of hydrogen-bond acceptors (Lipinski definition) is 5. The number of anilines is 1. The molecule has 7 heteroatoms. The lowest BCUT2D eigenvalue weighted by atomic mass is 10.1. The molecule has 0 aliphatic heterocycles. The Morgan fingerprint density at radius 1 is 1.11 bits per heavy atom. The first-order chi connectivity index (χ1) is 13.4. The topological polar surface area (TPSA) is 81.4 Å². The summed E-state index contributed by atoms with van der Waals surface area (Å²) >= 11 is 6.13. The molecule has 6 nitrogen and oxygen atoms in total. The predicted octanol–water partition coefficient (Wildman–Crippen LogP) is 4.79. The SMILES string of the molecule is Cc1ccc(NC(=O)[C@@H](OC(=O)c2c(C)noc2C)c2ccccc2)cc1Cl. The van der Waals surface area contributed by atoms with Gasteiger partial charge in [0.1, 0.15) is 11.3 Å². The van der Waals surface area contributed by atoms with E-state index in [0.29, 0.717) is 27.7 Å². The summed E-state index contributed by atoms with van der Waals surface area (Å²) in [6, 6.07) is 14.0. The lowest BCUT2D eigenvalue weighted by Gasteiger charge is -2.18. The Kier molecular flexibility index (Phi) is 5.80. The molecule has 2 aromatic carbocycles. The Bertz CT molecular complexity index is 995. The third kappa shape index (κ3) is 4.23. The van der Waals surface area contributed by atoms with E-state index >= 15 is 0 Å². The van der Waals surface area contributed by atoms with E-state index in [1.807, 2.05) is 13.0 Å². The van der Waals surface area contributed by atoms with Crippen molar-refractivity contribution < 1.29 is 18.8 Å². The number of benzene rings is 2. The summed E-state index contributed by atoms with van der Waals surface area (Å²) < 4.78 is 10.6. The molecule has 0 spiro atoms. The summed E-state index contributed by atoms with van der Waals surface area (Å²) in [6.45, 7) is 5.12. The summed E-state index contributed by atoms with van der Waals surface area (Å²) in [4.78, 5) is 25.6. The van der Waals surface area contributed by atoms with Crippen LogP contribution >= 0.6 is 11.6 Å². The molecular formula is C21H19ClN2O4. The lowest BCUT2D eigenvalue weighted by Crippen LogP contribution is -2.26. The maximum atomic E-state index is 12.9. The van der Waals surface area contributed by atoms with Crippen molar-refractivity contribution in [2.24, 2.45) is 0 Å². The Balaban J connectivity index is 1.88. The van der Waals surface area contributed by atoms with Gasteiger partial charge in [-0.15, -0.1) is 0 Å². The number of aryl methyl sites for hydroxylation is 3. The highest BCUT2D eigenvalue weighted by atomic mass is 35.5. The number of nitrogens with one attached hydrogen (secondary N) is 1. The van der Waals surface area contributed by atoms with Crippen LogP contribution in [-0.4, -0.2) is 17.0 Å². The fourth-order valence-electron chi connectivity index (χ4n) is 2.72. The maximum absolute atomic E-state index is 12.9. The van der Waals surface area contributed by atoms with Gasteiger partial charge < -0.3 is 14.6 Å². The second-order valence-electron chi connectivity index (χ2n) is 6.35. The van der Waals surface area contributed by atoms with Crippen LogP contribution in [0.2, 0.25) is 5.02 Å². The first-order valence-electron chi connectivity index (χ1n) is 8.62. The Morgan fingerprint density at radius 3 is 2.43 bits per heavy atom. The minimum atomic E-state index is -1.15. The summed E-state index contributed by atoms with van der Waals surface area (Å²) in [5, 5.41) is 7.03. The van der Waals surface area contributed by atoms with E-state index in [1.54, 1.807) is 56.3 Å². The lowest BCUT2D eigenvalue weighted by molar-refractivity contribution is -0.125. The van der Waals surface area contributed by atoms with Crippen LogP contribution in [0.5, 0.6) is 0 Å². The largest absolute Gasteiger partial charge is 0.444 e. The summed E-state index contributed by atoms with van der Waals surface area (Å²) in [5.74, 6) is -0.839. The third-order valence-corrected chi connectivity index (χ3v) is 4.65. The molecule has 0 radical (unpaired) electrons. The van der Waals surface area contributed by atoms with Gasteiger partial charge in [-0.05, 0) is 38.5 Å². The van der Waals surface area contributed by atoms with Crippen molar-refractivity contribution in [3.05, 3.63) is 81.7 Å². The molecule has 1 atom stereocenters. The fourth-order valence-corrected chi connectivity index (χ4v) is 2.90. The molecule has 1 heterocycles. The molecule has 0 unspecified atom stereocenters. The zero-order valence-electron chi connectivity index (χ0n) is 15.7. The number of esters is 1. The number of hydrogen-bond donors (Lipinski definition) is 1. The number of ether oxygens (including phenoxy) is 1. The fraction of sp³-hybridized carbons (Fsp3) is 0.190. The quantitative estimate of drug-likeness (QED) is 0.625. The van der Waals surface area contributed by atoms with Crippen molar-refractivity contribution in [2.75, 3.05) is 5.32 Å². The van der Waals surface area contributed by atoms with Gasteiger partial charge in [-0.3, -0.25) is 4.79 Å². The number of carbonyl (C=O) groups excluding carboxylic acids is 2. The number of amides is 1. The zero-order chi connectivity index (χ0) is 20.3. The minimum absolute atomic E-state index is 0.215. The van der Waals surface area contributed by atoms with E-state index in [2.05, 4.69) is 10.5 Å². The molecule has 0 fully saturated rings. The Hall–Kier alpha value is -3.12. The molecule has 28 heavy (non-hydrogen) atoms. The molecule has 0 aliphatic rings. The van der Waals surface area contributed by atoms with Crippen molar-refractivity contribution in [2.45, 2.75) is 26.9 Å².